The maximum Gasteiger partial charge on any atom is 0.355 e. The van der Waals surface area contributed by atoms with Crippen molar-refractivity contribution < 1.29 is 13.6 Å². The van der Waals surface area contributed by atoms with Crippen molar-refractivity contribution >= 4 is 7.60 Å². The van der Waals surface area contributed by atoms with Crippen molar-refractivity contribution in [1.29, 1.82) is 0 Å². The van der Waals surface area contributed by atoms with Crippen molar-refractivity contribution in [2.75, 3.05) is 26.3 Å². The van der Waals surface area contributed by atoms with E-state index in [-0.39, 0.29) is 0 Å². The van der Waals surface area contributed by atoms with Gasteiger partial charge in [0.1, 0.15) is 0 Å². The van der Waals surface area contributed by atoms with Gasteiger partial charge in [-0.05, 0) is 34.1 Å². The predicted molar refractivity (Wildman–Crippen MR) is 72.2 cm³/mol. The predicted octanol–water partition coefficient (Wildman–Crippen LogP) is 3.85. The van der Waals surface area contributed by atoms with E-state index >= 15 is 0 Å². The smallest absolute Gasteiger partial charge is 0.355 e. The average Bonchev–Trinajstić information content (AvgIpc) is 2.29. The molecule has 0 amide bonds. The van der Waals surface area contributed by atoms with E-state index in [9.17, 15) is 4.57 Å². The summed E-state index contributed by atoms with van der Waals surface area (Å²) in [6.07, 6.45) is 0.825. The third kappa shape index (κ3) is 5.71. The van der Waals surface area contributed by atoms with Crippen LogP contribution in [-0.2, 0) is 13.6 Å². The standard InChI is InChI=1S/C12H26NO3P/c1-6-12(13(7-2)8-3)11-17(14,15-9-4)16-10-5/h11H,6-10H2,1-5H3/b12-11+. The largest absolute Gasteiger partial charge is 0.375 e. The number of hydrogen-bond donors (Lipinski definition) is 0. The van der Waals surface area contributed by atoms with E-state index in [0.29, 0.717) is 13.2 Å². The Bertz CT molecular complexity index is 265. The van der Waals surface area contributed by atoms with Gasteiger partial charge < -0.3 is 13.9 Å². The van der Waals surface area contributed by atoms with E-state index in [1.54, 1.807) is 5.82 Å². The lowest BCUT2D eigenvalue weighted by molar-refractivity contribution is 0.227. The normalized spacial score (nSPS) is 12.9. The molecular formula is C12H26NO3P. The van der Waals surface area contributed by atoms with Crippen LogP contribution in [0.15, 0.2) is 11.5 Å². The van der Waals surface area contributed by atoms with Crippen molar-refractivity contribution in [2.45, 2.75) is 41.0 Å². The monoisotopic (exact) mass is 263 g/mol. The summed E-state index contributed by atoms with van der Waals surface area (Å²) in [5, 5.41) is 0. The summed E-state index contributed by atoms with van der Waals surface area (Å²) >= 11 is 0. The molecule has 0 aromatic heterocycles. The van der Waals surface area contributed by atoms with Gasteiger partial charge >= 0.3 is 7.60 Å². The molecule has 0 aliphatic heterocycles. The number of rotatable bonds is 9. The number of hydrogen-bond acceptors (Lipinski definition) is 4. The van der Waals surface area contributed by atoms with Crippen LogP contribution >= 0.6 is 7.60 Å². The molecule has 0 aromatic carbocycles. The van der Waals surface area contributed by atoms with E-state index in [4.69, 9.17) is 9.05 Å². The van der Waals surface area contributed by atoms with Gasteiger partial charge in [0.2, 0.25) is 0 Å². The quantitative estimate of drug-likeness (QED) is 0.592. The molecule has 0 atom stereocenters. The zero-order valence-electron chi connectivity index (χ0n) is 11.7. The minimum Gasteiger partial charge on any atom is -0.375 e. The molecule has 0 heterocycles. The summed E-state index contributed by atoms with van der Waals surface area (Å²) in [5.74, 6) is 1.67. The minimum absolute atomic E-state index is 0.392. The molecule has 0 aromatic rings. The zero-order valence-corrected chi connectivity index (χ0v) is 12.6. The first-order valence-electron chi connectivity index (χ1n) is 6.42. The van der Waals surface area contributed by atoms with Crippen LogP contribution in [0.4, 0.5) is 0 Å². The molecule has 17 heavy (non-hydrogen) atoms. The third-order valence-electron chi connectivity index (χ3n) is 2.46. The molecule has 0 rings (SSSR count). The topological polar surface area (TPSA) is 38.8 Å². The highest BCUT2D eigenvalue weighted by molar-refractivity contribution is 7.57. The van der Waals surface area contributed by atoms with Crippen LogP contribution in [0.1, 0.15) is 41.0 Å². The second-order valence-electron chi connectivity index (χ2n) is 3.52. The molecule has 0 bridgehead atoms. The molecule has 0 aliphatic rings. The van der Waals surface area contributed by atoms with Gasteiger partial charge in [0.15, 0.2) is 0 Å². The maximum absolute atomic E-state index is 12.4. The SMILES string of the molecule is CCOP(=O)(/C=C(\CC)N(CC)CC)OCC. The Morgan fingerprint density at radius 3 is 1.82 bits per heavy atom. The molecule has 0 N–H and O–H groups in total. The summed E-state index contributed by atoms with van der Waals surface area (Å²) in [6.45, 7) is 12.4. The molecule has 4 nitrogen and oxygen atoms in total. The lowest BCUT2D eigenvalue weighted by Gasteiger charge is -2.25. The first-order valence-corrected chi connectivity index (χ1v) is 8.03. The number of allylic oxidation sites excluding steroid dienone is 1. The molecule has 0 radical (unpaired) electrons. The first kappa shape index (κ1) is 16.7. The first-order chi connectivity index (χ1) is 8.06. The van der Waals surface area contributed by atoms with Gasteiger partial charge in [0, 0.05) is 24.6 Å². The van der Waals surface area contributed by atoms with Crippen molar-refractivity contribution in [3.8, 4) is 0 Å². The molecule has 0 aliphatic carbocycles. The Morgan fingerprint density at radius 2 is 1.53 bits per heavy atom. The molecule has 0 saturated heterocycles. The fourth-order valence-electron chi connectivity index (χ4n) is 1.68. The summed E-state index contributed by atoms with van der Waals surface area (Å²) in [7, 11) is -3.08. The van der Waals surface area contributed by atoms with Crippen LogP contribution in [-0.4, -0.2) is 31.2 Å². The Kier molecular flexibility index (Phi) is 8.57. The maximum atomic E-state index is 12.4. The minimum atomic E-state index is -3.08. The fourth-order valence-corrected chi connectivity index (χ4v) is 3.33. The van der Waals surface area contributed by atoms with Crippen molar-refractivity contribution in [2.24, 2.45) is 0 Å². The highest BCUT2D eigenvalue weighted by atomic mass is 31.2. The van der Waals surface area contributed by atoms with Crippen LogP contribution in [0.25, 0.3) is 0 Å². The van der Waals surface area contributed by atoms with Crippen LogP contribution in [0.3, 0.4) is 0 Å². The van der Waals surface area contributed by atoms with Crippen molar-refractivity contribution in [3.05, 3.63) is 11.5 Å². The molecular weight excluding hydrogens is 237 g/mol. The van der Waals surface area contributed by atoms with Gasteiger partial charge in [0.25, 0.3) is 0 Å². The molecule has 102 valence electrons. The lowest BCUT2D eigenvalue weighted by Crippen LogP contribution is -2.22. The van der Waals surface area contributed by atoms with Gasteiger partial charge in [0.05, 0.1) is 13.2 Å². The van der Waals surface area contributed by atoms with Crippen molar-refractivity contribution in [1.82, 2.24) is 4.90 Å². The molecule has 5 heteroatoms. The molecule has 0 fully saturated rings. The second kappa shape index (κ2) is 8.73. The summed E-state index contributed by atoms with van der Waals surface area (Å²) in [5.41, 5.74) is 1.03. The van der Waals surface area contributed by atoms with Gasteiger partial charge in [-0.1, -0.05) is 6.92 Å². The van der Waals surface area contributed by atoms with Gasteiger partial charge in [-0.2, -0.15) is 0 Å². The Labute approximate surface area is 106 Å². The summed E-state index contributed by atoms with van der Waals surface area (Å²) < 4.78 is 22.9. The van der Waals surface area contributed by atoms with E-state index in [0.717, 1.165) is 25.2 Å². The van der Waals surface area contributed by atoms with E-state index in [1.807, 2.05) is 20.8 Å². The van der Waals surface area contributed by atoms with E-state index < -0.39 is 7.60 Å². The van der Waals surface area contributed by atoms with E-state index in [2.05, 4.69) is 18.7 Å². The Morgan fingerprint density at radius 1 is 1.06 bits per heavy atom. The van der Waals surface area contributed by atoms with E-state index in [1.165, 1.54) is 0 Å². The highest BCUT2D eigenvalue weighted by Gasteiger charge is 2.22. The lowest BCUT2D eigenvalue weighted by atomic mass is 10.3. The van der Waals surface area contributed by atoms with Gasteiger partial charge in [-0.15, -0.1) is 0 Å². The second-order valence-corrected chi connectivity index (χ2v) is 5.38. The summed E-state index contributed by atoms with van der Waals surface area (Å²) in [4.78, 5) is 2.17. The fraction of sp³-hybridized carbons (Fsp3) is 0.833. The summed E-state index contributed by atoms with van der Waals surface area (Å²) in [6, 6.07) is 0. The van der Waals surface area contributed by atoms with Crippen LogP contribution < -0.4 is 0 Å². The molecule has 0 saturated carbocycles. The molecule has 0 unspecified atom stereocenters. The average molecular weight is 263 g/mol. The van der Waals surface area contributed by atoms with Gasteiger partial charge in [-0.3, -0.25) is 4.57 Å². The third-order valence-corrected chi connectivity index (χ3v) is 4.31. The van der Waals surface area contributed by atoms with Gasteiger partial charge in [-0.25, -0.2) is 0 Å². The highest BCUT2D eigenvalue weighted by Crippen LogP contribution is 2.51. The van der Waals surface area contributed by atoms with Crippen LogP contribution in [0.2, 0.25) is 0 Å². The molecule has 0 spiro atoms. The van der Waals surface area contributed by atoms with Crippen molar-refractivity contribution in [3.63, 3.8) is 0 Å². The Hall–Kier alpha value is -0.310. The zero-order chi connectivity index (χ0) is 13.3. The Balaban J connectivity index is 5.03. The number of nitrogens with zero attached hydrogens (tertiary/aromatic N) is 1. The van der Waals surface area contributed by atoms with Crippen LogP contribution in [0.5, 0.6) is 0 Å². The van der Waals surface area contributed by atoms with Crippen LogP contribution in [0, 0.1) is 0 Å².